The molecule has 1 heterocycles. The molecule has 0 saturated heterocycles. The molecule has 0 aliphatic heterocycles. The lowest BCUT2D eigenvalue weighted by molar-refractivity contribution is -0.134. The summed E-state index contributed by atoms with van der Waals surface area (Å²) in [6.07, 6.45) is 4.37. The summed E-state index contributed by atoms with van der Waals surface area (Å²) in [5.74, 6) is -0.626. The van der Waals surface area contributed by atoms with E-state index in [1.165, 1.54) is 5.56 Å². The van der Waals surface area contributed by atoms with Crippen molar-refractivity contribution in [2.45, 2.75) is 13.3 Å². The van der Waals surface area contributed by atoms with Crippen LogP contribution < -0.4 is 5.32 Å². The highest BCUT2D eigenvalue weighted by molar-refractivity contribution is 5.72. The van der Waals surface area contributed by atoms with E-state index in [9.17, 15) is 4.79 Å². The van der Waals surface area contributed by atoms with E-state index in [4.69, 9.17) is 5.11 Å². The predicted octanol–water partition coefficient (Wildman–Crippen LogP) is 2.20. The van der Waals surface area contributed by atoms with E-state index in [-0.39, 0.29) is 6.54 Å². The smallest absolute Gasteiger partial charge is 0.322 e. The number of aliphatic carboxylic acids is 1. The van der Waals surface area contributed by atoms with Gasteiger partial charge in [-0.15, -0.1) is 0 Å². The van der Waals surface area contributed by atoms with E-state index in [1.807, 2.05) is 12.1 Å². The third-order valence-electron chi connectivity index (χ3n) is 2.75. The molecule has 1 aromatic heterocycles. The molecule has 0 amide bonds. The van der Waals surface area contributed by atoms with Crippen LogP contribution in [0, 0.1) is 0 Å². The summed E-state index contributed by atoms with van der Waals surface area (Å²) in [5.41, 5.74) is 3.23. The number of nitrogens with one attached hydrogen (secondary N) is 1. The number of hydrogen-bond acceptors (Lipinski definition) is 4. The molecule has 5 nitrogen and oxygen atoms in total. The van der Waals surface area contributed by atoms with Gasteiger partial charge in [0.15, 0.2) is 0 Å². The topological polar surface area (TPSA) is 75.1 Å². The zero-order valence-corrected chi connectivity index (χ0v) is 10.6. The van der Waals surface area contributed by atoms with E-state index in [0.717, 1.165) is 17.5 Å². The maximum absolute atomic E-state index is 10.4. The van der Waals surface area contributed by atoms with Gasteiger partial charge in [0, 0.05) is 18.0 Å². The van der Waals surface area contributed by atoms with Gasteiger partial charge in [-0.3, -0.25) is 4.79 Å². The van der Waals surface area contributed by atoms with Crippen LogP contribution in [-0.4, -0.2) is 27.6 Å². The molecular formula is C14H15N3O2. The summed E-state index contributed by atoms with van der Waals surface area (Å²) in [6.45, 7) is 1.92. The summed E-state index contributed by atoms with van der Waals surface area (Å²) < 4.78 is 0. The van der Waals surface area contributed by atoms with Crippen molar-refractivity contribution in [2.75, 3.05) is 11.9 Å². The van der Waals surface area contributed by atoms with Gasteiger partial charge in [0.25, 0.3) is 0 Å². The number of carboxylic acid groups (broad SMARTS) is 1. The second-order valence-electron chi connectivity index (χ2n) is 4.09. The standard InChI is InChI=1S/C14H15N3O2/c1-2-10-3-5-11(6-4-10)12-7-15-14(16-8-12)17-9-13(18)19/h3-8H,2,9H2,1H3,(H,18,19)(H,15,16,17). The first-order valence-electron chi connectivity index (χ1n) is 6.06. The van der Waals surface area contributed by atoms with Crippen molar-refractivity contribution < 1.29 is 9.90 Å². The number of rotatable bonds is 5. The fraction of sp³-hybridized carbons (Fsp3) is 0.214. The highest BCUT2D eigenvalue weighted by Gasteiger charge is 2.02. The van der Waals surface area contributed by atoms with Crippen molar-refractivity contribution >= 4 is 11.9 Å². The average Bonchev–Trinajstić information content (AvgIpc) is 2.46. The SMILES string of the molecule is CCc1ccc(-c2cnc(NCC(=O)O)nc2)cc1. The molecule has 0 saturated carbocycles. The van der Waals surface area contributed by atoms with Gasteiger partial charge in [0.2, 0.25) is 5.95 Å². The number of carboxylic acids is 1. The highest BCUT2D eigenvalue weighted by atomic mass is 16.4. The van der Waals surface area contributed by atoms with Crippen LogP contribution in [0.25, 0.3) is 11.1 Å². The largest absolute Gasteiger partial charge is 0.480 e. The zero-order chi connectivity index (χ0) is 13.7. The van der Waals surface area contributed by atoms with Crippen LogP contribution in [0.3, 0.4) is 0 Å². The normalized spacial score (nSPS) is 10.2. The van der Waals surface area contributed by atoms with Gasteiger partial charge >= 0.3 is 5.97 Å². The average molecular weight is 257 g/mol. The summed E-state index contributed by atoms with van der Waals surface area (Å²) in [7, 11) is 0. The van der Waals surface area contributed by atoms with Gasteiger partial charge in [0.1, 0.15) is 6.54 Å². The minimum absolute atomic E-state index is 0.190. The second-order valence-corrected chi connectivity index (χ2v) is 4.09. The van der Waals surface area contributed by atoms with Crippen LogP contribution in [0.1, 0.15) is 12.5 Å². The Bertz CT molecular complexity index is 550. The molecule has 0 atom stereocenters. The van der Waals surface area contributed by atoms with E-state index in [1.54, 1.807) is 12.4 Å². The Balaban J connectivity index is 2.10. The number of nitrogens with zero attached hydrogens (tertiary/aromatic N) is 2. The van der Waals surface area contributed by atoms with Crippen LogP contribution in [0.5, 0.6) is 0 Å². The Labute approximate surface area is 111 Å². The zero-order valence-electron chi connectivity index (χ0n) is 10.6. The van der Waals surface area contributed by atoms with Gasteiger partial charge in [-0.2, -0.15) is 0 Å². The molecule has 0 unspecified atom stereocenters. The molecule has 2 N–H and O–H groups in total. The molecule has 0 bridgehead atoms. The van der Waals surface area contributed by atoms with Crippen molar-refractivity contribution in [3.63, 3.8) is 0 Å². The Morgan fingerprint density at radius 1 is 1.16 bits per heavy atom. The van der Waals surface area contributed by atoms with Gasteiger partial charge in [-0.1, -0.05) is 31.2 Å². The van der Waals surface area contributed by atoms with E-state index in [2.05, 4.69) is 34.3 Å². The molecular weight excluding hydrogens is 242 g/mol. The minimum Gasteiger partial charge on any atom is -0.480 e. The number of benzene rings is 1. The molecule has 0 spiro atoms. The maximum Gasteiger partial charge on any atom is 0.322 e. The Morgan fingerprint density at radius 2 is 1.79 bits per heavy atom. The molecule has 2 aromatic rings. The summed E-state index contributed by atoms with van der Waals surface area (Å²) in [4.78, 5) is 18.6. The number of carbonyl (C=O) groups is 1. The maximum atomic E-state index is 10.4. The first-order chi connectivity index (χ1) is 9.19. The first kappa shape index (κ1) is 13.0. The third-order valence-corrected chi connectivity index (χ3v) is 2.75. The monoisotopic (exact) mass is 257 g/mol. The Kier molecular flexibility index (Phi) is 4.07. The van der Waals surface area contributed by atoms with Crippen LogP contribution >= 0.6 is 0 Å². The lowest BCUT2D eigenvalue weighted by atomic mass is 10.1. The van der Waals surface area contributed by atoms with Gasteiger partial charge < -0.3 is 10.4 Å². The number of hydrogen-bond donors (Lipinski definition) is 2. The fourth-order valence-electron chi connectivity index (χ4n) is 1.66. The van der Waals surface area contributed by atoms with Crippen molar-refractivity contribution in [3.05, 3.63) is 42.2 Å². The molecule has 0 fully saturated rings. The fourth-order valence-corrected chi connectivity index (χ4v) is 1.66. The number of anilines is 1. The second kappa shape index (κ2) is 5.95. The summed E-state index contributed by atoms with van der Waals surface area (Å²) in [6, 6.07) is 8.21. The summed E-state index contributed by atoms with van der Waals surface area (Å²) >= 11 is 0. The Hall–Kier alpha value is -2.43. The molecule has 98 valence electrons. The first-order valence-corrected chi connectivity index (χ1v) is 6.06. The van der Waals surface area contributed by atoms with Gasteiger partial charge in [-0.25, -0.2) is 9.97 Å². The molecule has 19 heavy (non-hydrogen) atoms. The van der Waals surface area contributed by atoms with Crippen molar-refractivity contribution in [1.82, 2.24) is 9.97 Å². The summed E-state index contributed by atoms with van der Waals surface area (Å²) in [5, 5.41) is 11.2. The minimum atomic E-state index is -0.942. The number of aromatic nitrogens is 2. The van der Waals surface area contributed by atoms with Crippen LogP contribution in [0.4, 0.5) is 5.95 Å². The van der Waals surface area contributed by atoms with Crippen LogP contribution in [0.2, 0.25) is 0 Å². The quantitative estimate of drug-likeness (QED) is 0.858. The van der Waals surface area contributed by atoms with Crippen molar-refractivity contribution in [3.8, 4) is 11.1 Å². The van der Waals surface area contributed by atoms with Crippen molar-refractivity contribution in [1.29, 1.82) is 0 Å². The predicted molar refractivity (Wildman–Crippen MR) is 73.0 cm³/mol. The molecule has 5 heteroatoms. The molecule has 0 radical (unpaired) electrons. The van der Waals surface area contributed by atoms with Gasteiger partial charge in [0.05, 0.1) is 0 Å². The van der Waals surface area contributed by atoms with E-state index >= 15 is 0 Å². The number of aryl methyl sites for hydroxylation is 1. The van der Waals surface area contributed by atoms with Gasteiger partial charge in [-0.05, 0) is 17.5 Å². The van der Waals surface area contributed by atoms with Crippen LogP contribution in [-0.2, 0) is 11.2 Å². The lowest BCUT2D eigenvalue weighted by Gasteiger charge is -2.04. The van der Waals surface area contributed by atoms with Crippen molar-refractivity contribution in [2.24, 2.45) is 0 Å². The third kappa shape index (κ3) is 3.51. The van der Waals surface area contributed by atoms with Crippen LogP contribution in [0.15, 0.2) is 36.7 Å². The lowest BCUT2D eigenvalue weighted by Crippen LogP contribution is -2.14. The van der Waals surface area contributed by atoms with E-state index < -0.39 is 5.97 Å². The molecule has 0 aliphatic rings. The molecule has 0 aliphatic carbocycles. The Morgan fingerprint density at radius 3 is 2.32 bits per heavy atom. The van der Waals surface area contributed by atoms with E-state index in [0.29, 0.717) is 5.95 Å². The molecule has 2 rings (SSSR count). The molecule has 1 aromatic carbocycles. The highest BCUT2D eigenvalue weighted by Crippen LogP contribution is 2.18.